The highest BCUT2D eigenvalue weighted by Crippen LogP contribution is 2.28. The minimum Gasteiger partial charge on any atom is -0.370 e. The molecule has 0 amide bonds. The van der Waals surface area contributed by atoms with E-state index in [4.69, 9.17) is 0 Å². The number of aromatic nitrogens is 2. The van der Waals surface area contributed by atoms with Crippen molar-refractivity contribution in [1.29, 1.82) is 0 Å². The molecule has 0 aliphatic heterocycles. The molecule has 0 saturated carbocycles. The molecule has 0 radical (unpaired) electrons. The van der Waals surface area contributed by atoms with E-state index in [1.807, 2.05) is 13.8 Å². The molecule has 0 aliphatic rings. The van der Waals surface area contributed by atoms with Crippen LogP contribution in [0.3, 0.4) is 0 Å². The molecule has 20 heavy (non-hydrogen) atoms. The van der Waals surface area contributed by atoms with E-state index in [2.05, 4.69) is 15.3 Å². The highest BCUT2D eigenvalue weighted by atomic mass is 19.4. The van der Waals surface area contributed by atoms with Crippen LogP contribution in [0.15, 0.2) is 6.33 Å². The molecule has 114 valence electrons. The van der Waals surface area contributed by atoms with Gasteiger partial charge >= 0.3 is 6.18 Å². The van der Waals surface area contributed by atoms with Crippen molar-refractivity contribution in [2.24, 2.45) is 0 Å². The first-order chi connectivity index (χ1) is 9.30. The van der Waals surface area contributed by atoms with E-state index in [0.717, 1.165) is 0 Å². The molecule has 1 heterocycles. The Balaban J connectivity index is 3.22. The first-order valence-corrected chi connectivity index (χ1v) is 6.71. The molecule has 0 aliphatic carbocycles. The average Bonchev–Trinajstić information content (AvgIpc) is 2.35. The Morgan fingerprint density at radius 1 is 1.25 bits per heavy atom. The van der Waals surface area contributed by atoms with E-state index < -0.39 is 12.7 Å². The SMILES string of the molecule is CCNc1ncnc(N(CC(F)(F)F)C(C)C)c1CC. The van der Waals surface area contributed by atoms with Crippen LogP contribution in [0.4, 0.5) is 24.8 Å². The van der Waals surface area contributed by atoms with Gasteiger partial charge in [0.1, 0.15) is 24.5 Å². The summed E-state index contributed by atoms with van der Waals surface area (Å²) in [5.74, 6) is 0.957. The zero-order chi connectivity index (χ0) is 15.3. The summed E-state index contributed by atoms with van der Waals surface area (Å²) in [6, 6.07) is -0.300. The number of halogens is 3. The standard InChI is InChI=1S/C13H21F3N4/c1-5-10-11(17-6-2)18-8-19-12(10)20(9(3)4)7-13(14,15)16/h8-9H,5-7H2,1-4H3,(H,17,18,19). The van der Waals surface area contributed by atoms with Crippen molar-refractivity contribution in [1.82, 2.24) is 9.97 Å². The topological polar surface area (TPSA) is 41.1 Å². The number of hydrogen-bond donors (Lipinski definition) is 1. The predicted molar refractivity (Wildman–Crippen MR) is 74.1 cm³/mol. The summed E-state index contributed by atoms with van der Waals surface area (Å²) < 4.78 is 38.2. The van der Waals surface area contributed by atoms with Gasteiger partial charge in [-0.2, -0.15) is 13.2 Å². The van der Waals surface area contributed by atoms with E-state index in [-0.39, 0.29) is 6.04 Å². The molecule has 0 spiro atoms. The fraction of sp³-hybridized carbons (Fsp3) is 0.692. The van der Waals surface area contributed by atoms with Gasteiger partial charge in [-0.15, -0.1) is 0 Å². The second kappa shape index (κ2) is 6.76. The van der Waals surface area contributed by atoms with Gasteiger partial charge in [0.2, 0.25) is 0 Å². The van der Waals surface area contributed by atoms with Gasteiger partial charge < -0.3 is 10.2 Å². The van der Waals surface area contributed by atoms with Crippen LogP contribution in [-0.4, -0.2) is 35.3 Å². The zero-order valence-electron chi connectivity index (χ0n) is 12.3. The van der Waals surface area contributed by atoms with Gasteiger partial charge in [0.25, 0.3) is 0 Å². The second-order valence-electron chi connectivity index (χ2n) is 4.75. The minimum absolute atomic E-state index is 0.300. The van der Waals surface area contributed by atoms with Gasteiger partial charge in [-0.3, -0.25) is 0 Å². The lowest BCUT2D eigenvalue weighted by molar-refractivity contribution is -0.120. The van der Waals surface area contributed by atoms with Crippen LogP contribution in [-0.2, 0) is 6.42 Å². The second-order valence-corrected chi connectivity index (χ2v) is 4.75. The number of hydrogen-bond acceptors (Lipinski definition) is 4. The first-order valence-electron chi connectivity index (χ1n) is 6.71. The molecule has 0 aromatic carbocycles. The van der Waals surface area contributed by atoms with Crippen molar-refractivity contribution < 1.29 is 13.2 Å². The number of alkyl halides is 3. The largest absolute Gasteiger partial charge is 0.405 e. The Morgan fingerprint density at radius 3 is 2.35 bits per heavy atom. The van der Waals surface area contributed by atoms with Crippen LogP contribution >= 0.6 is 0 Å². The van der Waals surface area contributed by atoms with E-state index >= 15 is 0 Å². The molecular formula is C13H21F3N4. The number of anilines is 2. The third-order valence-electron chi connectivity index (χ3n) is 2.87. The fourth-order valence-electron chi connectivity index (χ4n) is 1.99. The summed E-state index contributed by atoms with van der Waals surface area (Å²) in [4.78, 5) is 9.45. The molecular weight excluding hydrogens is 269 g/mol. The van der Waals surface area contributed by atoms with Crippen LogP contribution in [0.1, 0.15) is 33.3 Å². The maximum absolute atomic E-state index is 12.7. The molecule has 0 bridgehead atoms. The highest BCUT2D eigenvalue weighted by molar-refractivity contribution is 5.59. The molecule has 0 unspecified atom stereocenters. The van der Waals surface area contributed by atoms with Gasteiger partial charge in [0.15, 0.2) is 0 Å². The lowest BCUT2D eigenvalue weighted by Crippen LogP contribution is -2.40. The molecule has 1 aromatic heterocycles. The predicted octanol–water partition coefficient (Wildman–Crippen LogP) is 3.25. The third kappa shape index (κ3) is 4.25. The Bertz CT molecular complexity index is 432. The average molecular weight is 290 g/mol. The van der Waals surface area contributed by atoms with Gasteiger partial charge in [0.05, 0.1) is 0 Å². The normalized spacial score (nSPS) is 11.8. The van der Waals surface area contributed by atoms with Crippen molar-refractivity contribution in [3.8, 4) is 0 Å². The Morgan fingerprint density at radius 2 is 1.90 bits per heavy atom. The van der Waals surface area contributed by atoms with Gasteiger partial charge in [-0.05, 0) is 27.2 Å². The maximum atomic E-state index is 12.7. The number of rotatable bonds is 6. The van der Waals surface area contributed by atoms with Gasteiger partial charge in [-0.1, -0.05) is 6.92 Å². The van der Waals surface area contributed by atoms with Crippen LogP contribution in [0.2, 0.25) is 0 Å². The van der Waals surface area contributed by atoms with Crippen molar-refractivity contribution >= 4 is 11.6 Å². The van der Waals surface area contributed by atoms with Crippen molar-refractivity contribution in [3.63, 3.8) is 0 Å². The fourth-order valence-corrected chi connectivity index (χ4v) is 1.99. The molecule has 0 fully saturated rings. The van der Waals surface area contributed by atoms with Crippen LogP contribution in [0.5, 0.6) is 0 Å². The summed E-state index contributed by atoms with van der Waals surface area (Å²) in [5.41, 5.74) is 0.715. The summed E-state index contributed by atoms with van der Waals surface area (Å²) in [6.45, 7) is 6.89. The lowest BCUT2D eigenvalue weighted by Gasteiger charge is -2.30. The Kier molecular flexibility index (Phi) is 5.59. The molecule has 1 rings (SSSR count). The van der Waals surface area contributed by atoms with Crippen molar-refractivity contribution in [3.05, 3.63) is 11.9 Å². The summed E-state index contributed by atoms with van der Waals surface area (Å²) in [7, 11) is 0. The van der Waals surface area contributed by atoms with Gasteiger partial charge in [0, 0.05) is 18.2 Å². The van der Waals surface area contributed by atoms with E-state index in [1.165, 1.54) is 11.2 Å². The smallest absolute Gasteiger partial charge is 0.370 e. The van der Waals surface area contributed by atoms with Crippen molar-refractivity contribution in [2.75, 3.05) is 23.3 Å². The Hall–Kier alpha value is -1.53. The first kappa shape index (κ1) is 16.5. The summed E-state index contributed by atoms with van der Waals surface area (Å²) in [6.07, 6.45) is -2.39. The quantitative estimate of drug-likeness (QED) is 0.873. The number of nitrogens with one attached hydrogen (secondary N) is 1. The zero-order valence-corrected chi connectivity index (χ0v) is 12.3. The molecule has 7 heteroatoms. The minimum atomic E-state index is -4.27. The summed E-state index contributed by atoms with van der Waals surface area (Å²) >= 11 is 0. The maximum Gasteiger partial charge on any atom is 0.405 e. The van der Waals surface area contributed by atoms with Crippen LogP contribution in [0.25, 0.3) is 0 Å². The molecule has 1 aromatic rings. The van der Waals surface area contributed by atoms with E-state index in [0.29, 0.717) is 30.2 Å². The van der Waals surface area contributed by atoms with E-state index in [9.17, 15) is 13.2 Å². The number of nitrogens with zero attached hydrogens (tertiary/aromatic N) is 3. The highest BCUT2D eigenvalue weighted by Gasteiger charge is 2.33. The van der Waals surface area contributed by atoms with Crippen LogP contribution < -0.4 is 10.2 Å². The van der Waals surface area contributed by atoms with Crippen LogP contribution in [0, 0.1) is 0 Å². The monoisotopic (exact) mass is 290 g/mol. The third-order valence-corrected chi connectivity index (χ3v) is 2.87. The molecule has 1 N–H and O–H groups in total. The van der Waals surface area contributed by atoms with E-state index in [1.54, 1.807) is 13.8 Å². The summed E-state index contributed by atoms with van der Waals surface area (Å²) in [5, 5.41) is 3.07. The van der Waals surface area contributed by atoms with Gasteiger partial charge in [-0.25, -0.2) is 9.97 Å². The van der Waals surface area contributed by atoms with Crippen molar-refractivity contribution in [2.45, 2.75) is 46.3 Å². The lowest BCUT2D eigenvalue weighted by atomic mass is 10.1. The molecule has 4 nitrogen and oxygen atoms in total. The Labute approximate surface area is 117 Å². The molecule has 0 atom stereocenters. The molecule has 0 saturated heterocycles.